The van der Waals surface area contributed by atoms with Crippen LogP contribution in [-0.2, 0) is 4.79 Å². The van der Waals surface area contributed by atoms with Crippen LogP contribution in [-0.4, -0.2) is 31.6 Å². The van der Waals surface area contributed by atoms with Gasteiger partial charge in [0.2, 0.25) is 5.91 Å². The van der Waals surface area contributed by atoms with Crippen molar-refractivity contribution < 1.29 is 4.79 Å². The summed E-state index contributed by atoms with van der Waals surface area (Å²) in [5, 5.41) is 5.95. The second-order valence-electron chi connectivity index (χ2n) is 3.22. The Kier molecular flexibility index (Phi) is 8.84. The number of carbonyl (C=O) groups is 1. The predicted molar refractivity (Wildman–Crippen MR) is 62.2 cm³/mol. The van der Waals surface area contributed by atoms with Crippen molar-refractivity contribution in [3.63, 3.8) is 0 Å². The maximum Gasteiger partial charge on any atom is 0.221 e. The molecule has 0 aliphatic heterocycles. The molecule has 0 saturated heterocycles. The van der Waals surface area contributed by atoms with Crippen LogP contribution in [0.25, 0.3) is 0 Å². The molecule has 0 aromatic rings. The van der Waals surface area contributed by atoms with Crippen LogP contribution in [0.15, 0.2) is 0 Å². The largest absolute Gasteiger partial charge is 0.356 e. The van der Waals surface area contributed by atoms with Gasteiger partial charge in [-0.2, -0.15) is 0 Å². The predicted octanol–water partition coefficient (Wildman–Crippen LogP) is -0.157. The third-order valence-corrected chi connectivity index (χ3v) is 1.95. The van der Waals surface area contributed by atoms with Gasteiger partial charge in [0.05, 0.1) is 0 Å². The number of nitrogens with one attached hydrogen (secondary N) is 2. The van der Waals surface area contributed by atoms with E-state index in [9.17, 15) is 4.79 Å². The highest BCUT2D eigenvalue weighted by Crippen LogP contribution is 1.90. The van der Waals surface area contributed by atoms with Gasteiger partial charge in [-0.25, -0.2) is 0 Å². The molecule has 0 fully saturated rings. The molecule has 86 valence electrons. The van der Waals surface area contributed by atoms with Gasteiger partial charge in [-0.3, -0.25) is 4.79 Å². The van der Waals surface area contributed by atoms with E-state index in [-0.39, 0.29) is 11.9 Å². The molecule has 1 amide bonds. The standard InChI is InChI=1S/C11H21N3O/c1-3-5-6-7-14-10(9-12)8-11(15)13-4-2/h10,14H,4,6-9,12H2,1-2H3,(H,13,15). The van der Waals surface area contributed by atoms with Gasteiger partial charge in [0.25, 0.3) is 0 Å². The van der Waals surface area contributed by atoms with Gasteiger partial charge in [0, 0.05) is 38.5 Å². The number of rotatable bonds is 7. The average molecular weight is 211 g/mol. The molecular weight excluding hydrogens is 190 g/mol. The Morgan fingerprint density at radius 3 is 2.80 bits per heavy atom. The summed E-state index contributed by atoms with van der Waals surface area (Å²) in [5.74, 6) is 5.82. The van der Waals surface area contributed by atoms with E-state index in [2.05, 4.69) is 22.5 Å². The summed E-state index contributed by atoms with van der Waals surface area (Å²) in [4.78, 5) is 11.3. The monoisotopic (exact) mass is 211 g/mol. The Bertz CT molecular complexity index is 230. The second kappa shape index (κ2) is 9.50. The van der Waals surface area contributed by atoms with Crippen LogP contribution in [0.4, 0.5) is 0 Å². The summed E-state index contributed by atoms with van der Waals surface area (Å²) < 4.78 is 0. The van der Waals surface area contributed by atoms with E-state index >= 15 is 0 Å². The zero-order valence-electron chi connectivity index (χ0n) is 9.60. The molecule has 0 aromatic heterocycles. The van der Waals surface area contributed by atoms with E-state index in [1.807, 2.05) is 13.8 Å². The summed E-state index contributed by atoms with van der Waals surface area (Å²) in [6, 6.07) is 0.0511. The summed E-state index contributed by atoms with van der Waals surface area (Å²) in [7, 11) is 0. The Labute approximate surface area is 92.0 Å². The highest BCUT2D eigenvalue weighted by atomic mass is 16.1. The molecule has 1 unspecified atom stereocenters. The first-order valence-electron chi connectivity index (χ1n) is 5.34. The van der Waals surface area contributed by atoms with E-state index in [1.54, 1.807) is 0 Å². The van der Waals surface area contributed by atoms with Crippen LogP contribution in [0.1, 0.15) is 26.7 Å². The summed E-state index contributed by atoms with van der Waals surface area (Å²) >= 11 is 0. The average Bonchev–Trinajstić information content (AvgIpc) is 2.23. The lowest BCUT2D eigenvalue weighted by molar-refractivity contribution is -0.121. The molecule has 0 heterocycles. The maximum absolute atomic E-state index is 11.3. The topological polar surface area (TPSA) is 67.1 Å². The number of hydrogen-bond acceptors (Lipinski definition) is 3. The zero-order valence-corrected chi connectivity index (χ0v) is 9.60. The molecule has 0 aromatic carbocycles. The van der Waals surface area contributed by atoms with E-state index in [1.165, 1.54) is 0 Å². The van der Waals surface area contributed by atoms with Crippen LogP contribution in [0.3, 0.4) is 0 Å². The molecule has 4 N–H and O–H groups in total. The van der Waals surface area contributed by atoms with Crippen molar-refractivity contribution in [2.24, 2.45) is 5.73 Å². The lowest BCUT2D eigenvalue weighted by Gasteiger charge is -2.15. The lowest BCUT2D eigenvalue weighted by Crippen LogP contribution is -2.41. The summed E-state index contributed by atoms with van der Waals surface area (Å²) in [6.45, 7) is 5.63. The summed E-state index contributed by atoms with van der Waals surface area (Å²) in [6.07, 6.45) is 1.23. The first-order chi connectivity index (χ1) is 7.24. The van der Waals surface area contributed by atoms with Crippen molar-refractivity contribution >= 4 is 5.91 Å². The van der Waals surface area contributed by atoms with Crippen molar-refractivity contribution in [3.05, 3.63) is 0 Å². The molecule has 4 heteroatoms. The van der Waals surface area contributed by atoms with Crippen LogP contribution in [0, 0.1) is 11.8 Å². The molecule has 0 rings (SSSR count). The van der Waals surface area contributed by atoms with Crippen molar-refractivity contribution in [3.8, 4) is 11.8 Å². The van der Waals surface area contributed by atoms with Gasteiger partial charge in [-0.15, -0.1) is 11.8 Å². The first-order valence-corrected chi connectivity index (χ1v) is 5.34. The van der Waals surface area contributed by atoms with E-state index in [0.717, 1.165) is 13.0 Å². The Morgan fingerprint density at radius 2 is 2.27 bits per heavy atom. The minimum Gasteiger partial charge on any atom is -0.356 e. The minimum atomic E-state index is 0.0435. The fourth-order valence-corrected chi connectivity index (χ4v) is 1.20. The van der Waals surface area contributed by atoms with E-state index < -0.39 is 0 Å². The zero-order chi connectivity index (χ0) is 11.5. The molecule has 1 atom stereocenters. The van der Waals surface area contributed by atoms with Gasteiger partial charge in [-0.1, -0.05) is 0 Å². The highest BCUT2D eigenvalue weighted by Gasteiger charge is 2.10. The molecule has 0 bridgehead atoms. The fraction of sp³-hybridized carbons (Fsp3) is 0.727. The minimum absolute atomic E-state index is 0.0435. The van der Waals surface area contributed by atoms with Crippen molar-refractivity contribution in [2.75, 3.05) is 19.6 Å². The van der Waals surface area contributed by atoms with Gasteiger partial charge in [0.1, 0.15) is 0 Å². The molecule has 0 spiro atoms. The number of carbonyl (C=O) groups excluding carboxylic acids is 1. The third kappa shape index (κ3) is 7.98. The number of nitrogens with two attached hydrogens (primary N) is 1. The molecule has 15 heavy (non-hydrogen) atoms. The SMILES string of the molecule is CC#CCCNC(CN)CC(=O)NCC. The van der Waals surface area contributed by atoms with Crippen LogP contribution in [0.2, 0.25) is 0 Å². The highest BCUT2D eigenvalue weighted by molar-refractivity contribution is 5.76. The van der Waals surface area contributed by atoms with Crippen molar-refractivity contribution in [1.29, 1.82) is 0 Å². The Hall–Kier alpha value is -1.05. The van der Waals surface area contributed by atoms with Crippen molar-refractivity contribution in [2.45, 2.75) is 32.7 Å². The second-order valence-corrected chi connectivity index (χ2v) is 3.22. The number of amides is 1. The molecule has 0 radical (unpaired) electrons. The molecule has 0 aliphatic rings. The lowest BCUT2D eigenvalue weighted by atomic mass is 10.2. The van der Waals surface area contributed by atoms with Crippen molar-refractivity contribution in [1.82, 2.24) is 10.6 Å². The first kappa shape index (κ1) is 13.9. The Balaban J connectivity index is 3.70. The maximum atomic E-state index is 11.3. The van der Waals surface area contributed by atoms with Gasteiger partial charge >= 0.3 is 0 Å². The smallest absolute Gasteiger partial charge is 0.221 e. The van der Waals surface area contributed by atoms with Gasteiger partial charge in [-0.05, 0) is 13.8 Å². The van der Waals surface area contributed by atoms with Crippen LogP contribution in [0.5, 0.6) is 0 Å². The molecule has 0 saturated carbocycles. The quantitative estimate of drug-likeness (QED) is 0.405. The fourth-order valence-electron chi connectivity index (χ4n) is 1.20. The third-order valence-electron chi connectivity index (χ3n) is 1.95. The van der Waals surface area contributed by atoms with Gasteiger partial charge in [0.15, 0.2) is 0 Å². The van der Waals surface area contributed by atoms with Crippen LogP contribution < -0.4 is 16.4 Å². The van der Waals surface area contributed by atoms with Gasteiger partial charge < -0.3 is 16.4 Å². The molecule has 4 nitrogen and oxygen atoms in total. The van der Waals surface area contributed by atoms with E-state index in [0.29, 0.717) is 19.5 Å². The summed E-state index contributed by atoms with van der Waals surface area (Å²) in [5.41, 5.74) is 5.55. The molecule has 0 aliphatic carbocycles. The molecular formula is C11H21N3O. The number of hydrogen-bond donors (Lipinski definition) is 3. The van der Waals surface area contributed by atoms with E-state index in [4.69, 9.17) is 5.73 Å². The Morgan fingerprint density at radius 1 is 1.53 bits per heavy atom. The van der Waals surface area contributed by atoms with Crippen LogP contribution >= 0.6 is 0 Å². The normalized spacial score (nSPS) is 11.4.